The molecule has 0 aliphatic heterocycles. The number of hydrogen-bond acceptors (Lipinski definition) is 3. The molecule has 0 radical (unpaired) electrons. The van der Waals surface area contributed by atoms with E-state index in [9.17, 15) is 4.79 Å². The van der Waals surface area contributed by atoms with Gasteiger partial charge < -0.3 is 10.6 Å². The maximum absolute atomic E-state index is 12.0. The van der Waals surface area contributed by atoms with Crippen molar-refractivity contribution in [3.05, 3.63) is 12.4 Å². The highest BCUT2D eigenvalue weighted by Gasteiger charge is 2.17. The molecule has 1 aromatic heterocycles. The Balaban J connectivity index is 2.52. The van der Waals surface area contributed by atoms with E-state index in [1.165, 1.54) is 0 Å². The van der Waals surface area contributed by atoms with Gasteiger partial charge in [-0.15, -0.1) is 0 Å². The predicted octanol–water partition coefficient (Wildman–Crippen LogP) is 1.36. The summed E-state index contributed by atoms with van der Waals surface area (Å²) in [6.45, 7) is 6.62. The average Bonchev–Trinajstić information content (AvgIpc) is 2.61. The van der Waals surface area contributed by atoms with Crippen molar-refractivity contribution in [2.45, 2.75) is 39.8 Å². The number of amides is 1. The molecule has 1 atom stereocenters. The quantitative estimate of drug-likeness (QED) is 0.842. The van der Waals surface area contributed by atoms with E-state index in [4.69, 9.17) is 5.73 Å². The van der Waals surface area contributed by atoms with Crippen LogP contribution in [0.3, 0.4) is 0 Å². The van der Waals surface area contributed by atoms with Crippen molar-refractivity contribution >= 4 is 11.6 Å². The minimum Gasteiger partial charge on any atom is -0.396 e. The number of hydrogen-bond donors (Lipinski definition) is 1. The van der Waals surface area contributed by atoms with Crippen LogP contribution in [0.25, 0.3) is 0 Å². The summed E-state index contributed by atoms with van der Waals surface area (Å²) in [5.74, 6) is 0.641. The molecule has 0 spiro atoms. The fraction of sp³-hybridized carbons (Fsp3) is 0.667. The molecule has 1 heterocycles. The highest BCUT2D eigenvalue weighted by molar-refractivity contribution is 5.76. The Morgan fingerprint density at radius 2 is 2.18 bits per heavy atom. The second kappa shape index (κ2) is 5.70. The van der Waals surface area contributed by atoms with Gasteiger partial charge in [-0.3, -0.25) is 9.48 Å². The summed E-state index contributed by atoms with van der Waals surface area (Å²) < 4.78 is 1.57. The van der Waals surface area contributed by atoms with Gasteiger partial charge in [0.15, 0.2) is 0 Å². The molecule has 0 fully saturated rings. The monoisotopic (exact) mass is 238 g/mol. The van der Waals surface area contributed by atoms with Crippen molar-refractivity contribution in [1.82, 2.24) is 14.7 Å². The summed E-state index contributed by atoms with van der Waals surface area (Å²) in [6, 6.07) is 0.246. The van der Waals surface area contributed by atoms with Gasteiger partial charge in [-0.1, -0.05) is 13.8 Å². The van der Waals surface area contributed by atoms with Crippen LogP contribution in [0.1, 0.15) is 27.2 Å². The van der Waals surface area contributed by atoms with Gasteiger partial charge in [0.1, 0.15) is 6.54 Å². The minimum absolute atomic E-state index is 0.0567. The van der Waals surface area contributed by atoms with Gasteiger partial charge in [-0.05, 0) is 19.3 Å². The summed E-state index contributed by atoms with van der Waals surface area (Å²) >= 11 is 0. The minimum atomic E-state index is 0.0567. The second-order valence-corrected chi connectivity index (χ2v) is 4.95. The van der Waals surface area contributed by atoms with Gasteiger partial charge in [0.25, 0.3) is 0 Å². The molecule has 0 saturated carbocycles. The molecule has 1 unspecified atom stereocenters. The third kappa shape index (κ3) is 4.09. The summed E-state index contributed by atoms with van der Waals surface area (Å²) in [4.78, 5) is 13.7. The lowest BCUT2D eigenvalue weighted by molar-refractivity contribution is -0.132. The Labute approximate surface area is 103 Å². The lowest BCUT2D eigenvalue weighted by atomic mass is 10.0. The van der Waals surface area contributed by atoms with Crippen LogP contribution in [0.4, 0.5) is 5.69 Å². The summed E-state index contributed by atoms with van der Waals surface area (Å²) in [5, 5.41) is 4.00. The van der Waals surface area contributed by atoms with E-state index >= 15 is 0 Å². The largest absolute Gasteiger partial charge is 0.396 e. The molecule has 0 aliphatic carbocycles. The van der Waals surface area contributed by atoms with Crippen LogP contribution >= 0.6 is 0 Å². The molecule has 0 aromatic carbocycles. The van der Waals surface area contributed by atoms with Crippen LogP contribution in [0.5, 0.6) is 0 Å². The number of nitrogens with two attached hydrogens (primary N) is 1. The first-order valence-corrected chi connectivity index (χ1v) is 5.93. The summed E-state index contributed by atoms with van der Waals surface area (Å²) in [7, 11) is 1.84. The topological polar surface area (TPSA) is 64.2 Å². The van der Waals surface area contributed by atoms with Crippen LogP contribution in [0, 0.1) is 5.92 Å². The van der Waals surface area contributed by atoms with Crippen LogP contribution in [-0.4, -0.2) is 33.7 Å². The van der Waals surface area contributed by atoms with E-state index in [0.717, 1.165) is 6.42 Å². The van der Waals surface area contributed by atoms with E-state index in [1.807, 2.05) is 7.05 Å². The van der Waals surface area contributed by atoms with Gasteiger partial charge in [0.2, 0.25) is 5.91 Å². The summed E-state index contributed by atoms with van der Waals surface area (Å²) in [5.41, 5.74) is 6.13. The number of anilines is 1. The van der Waals surface area contributed by atoms with Crippen molar-refractivity contribution in [1.29, 1.82) is 0 Å². The Kier molecular flexibility index (Phi) is 4.54. The first-order chi connectivity index (χ1) is 7.90. The molecule has 5 nitrogen and oxygen atoms in total. The van der Waals surface area contributed by atoms with Crippen molar-refractivity contribution in [3.8, 4) is 0 Å². The SMILES string of the molecule is CC(C)CC(C)N(C)C(=O)Cn1cc(N)cn1. The zero-order valence-corrected chi connectivity index (χ0v) is 11.1. The molecule has 17 heavy (non-hydrogen) atoms. The van der Waals surface area contributed by atoms with E-state index in [1.54, 1.807) is 22.0 Å². The van der Waals surface area contributed by atoms with Crippen molar-refractivity contribution < 1.29 is 4.79 Å². The van der Waals surface area contributed by atoms with E-state index in [0.29, 0.717) is 11.6 Å². The molecule has 0 bridgehead atoms. The third-order valence-electron chi connectivity index (χ3n) is 2.82. The molecular weight excluding hydrogens is 216 g/mol. The normalized spacial score (nSPS) is 12.8. The Hall–Kier alpha value is -1.52. The van der Waals surface area contributed by atoms with Crippen LogP contribution in [-0.2, 0) is 11.3 Å². The third-order valence-corrected chi connectivity index (χ3v) is 2.82. The number of carbonyl (C=O) groups is 1. The van der Waals surface area contributed by atoms with Crippen LogP contribution in [0.2, 0.25) is 0 Å². The lowest BCUT2D eigenvalue weighted by Crippen LogP contribution is -2.38. The fourth-order valence-electron chi connectivity index (χ4n) is 1.80. The average molecular weight is 238 g/mol. The number of aromatic nitrogens is 2. The van der Waals surface area contributed by atoms with Gasteiger partial charge in [0, 0.05) is 19.3 Å². The van der Waals surface area contributed by atoms with Crippen molar-refractivity contribution in [2.75, 3.05) is 12.8 Å². The number of nitrogens with zero attached hydrogens (tertiary/aromatic N) is 3. The molecule has 96 valence electrons. The number of nitrogen functional groups attached to an aromatic ring is 1. The van der Waals surface area contributed by atoms with Gasteiger partial charge in [-0.25, -0.2) is 0 Å². The van der Waals surface area contributed by atoms with E-state index in [2.05, 4.69) is 25.9 Å². The Morgan fingerprint density at radius 3 is 2.65 bits per heavy atom. The molecule has 5 heteroatoms. The van der Waals surface area contributed by atoms with Crippen molar-refractivity contribution in [2.24, 2.45) is 5.92 Å². The zero-order chi connectivity index (χ0) is 13.0. The van der Waals surface area contributed by atoms with Gasteiger partial charge >= 0.3 is 0 Å². The number of rotatable bonds is 5. The zero-order valence-electron chi connectivity index (χ0n) is 11.1. The second-order valence-electron chi connectivity index (χ2n) is 4.95. The van der Waals surface area contributed by atoms with Gasteiger partial charge in [0.05, 0.1) is 11.9 Å². The van der Waals surface area contributed by atoms with Gasteiger partial charge in [-0.2, -0.15) is 5.10 Å². The van der Waals surface area contributed by atoms with Crippen LogP contribution < -0.4 is 5.73 Å². The van der Waals surface area contributed by atoms with Crippen molar-refractivity contribution in [3.63, 3.8) is 0 Å². The van der Waals surface area contributed by atoms with E-state index < -0.39 is 0 Å². The lowest BCUT2D eigenvalue weighted by Gasteiger charge is -2.26. The molecule has 0 aliphatic rings. The molecular formula is C12H22N4O. The van der Waals surface area contributed by atoms with Crippen LogP contribution in [0.15, 0.2) is 12.4 Å². The summed E-state index contributed by atoms with van der Waals surface area (Å²) in [6.07, 6.45) is 4.22. The maximum atomic E-state index is 12.0. The Morgan fingerprint density at radius 1 is 1.53 bits per heavy atom. The molecule has 1 amide bonds. The predicted molar refractivity (Wildman–Crippen MR) is 68.3 cm³/mol. The highest BCUT2D eigenvalue weighted by atomic mass is 16.2. The first-order valence-electron chi connectivity index (χ1n) is 5.93. The highest BCUT2D eigenvalue weighted by Crippen LogP contribution is 2.10. The molecule has 1 rings (SSSR count). The smallest absolute Gasteiger partial charge is 0.244 e. The molecule has 2 N–H and O–H groups in total. The number of carbonyl (C=O) groups excluding carboxylic acids is 1. The molecule has 1 aromatic rings. The fourth-order valence-corrected chi connectivity index (χ4v) is 1.80. The molecule has 0 saturated heterocycles. The standard InChI is InChI=1S/C12H22N4O/c1-9(2)5-10(3)15(4)12(17)8-16-7-11(13)6-14-16/h6-7,9-10H,5,8,13H2,1-4H3. The Bertz CT molecular complexity index is 372. The maximum Gasteiger partial charge on any atom is 0.244 e. The first kappa shape index (κ1) is 13.5. The number of likely N-dealkylation sites (N-methyl/N-ethyl adjacent to an activating group) is 1. The van der Waals surface area contributed by atoms with E-state index in [-0.39, 0.29) is 18.5 Å².